The van der Waals surface area contributed by atoms with Gasteiger partial charge in [0.15, 0.2) is 18.1 Å². The monoisotopic (exact) mass is 382 g/mol. The molecule has 8 heteroatoms. The largest absolute Gasteiger partial charge is 0.493 e. The normalized spacial score (nSPS) is 10.6. The lowest BCUT2D eigenvalue weighted by molar-refractivity contribution is -0.123. The Kier molecular flexibility index (Phi) is 6.91. The van der Waals surface area contributed by atoms with E-state index in [4.69, 9.17) is 37.4 Å². The highest BCUT2D eigenvalue weighted by Crippen LogP contribution is 2.35. The van der Waals surface area contributed by atoms with Gasteiger partial charge in [-0.1, -0.05) is 23.2 Å². The van der Waals surface area contributed by atoms with Crippen molar-refractivity contribution in [2.45, 2.75) is 0 Å². The topological polar surface area (TPSA) is 69.2 Å². The molecule has 1 amide bonds. The van der Waals surface area contributed by atoms with E-state index in [1.165, 1.54) is 20.4 Å². The van der Waals surface area contributed by atoms with Crippen molar-refractivity contribution in [1.29, 1.82) is 0 Å². The van der Waals surface area contributed by atoms with Crippen LogP contribution < -0.4 is 19.6 Å². The summed E-state index contributed by atoms with van der Waals surface area (Å²) in [5.74, 6) is 1.03. The van der Waals surface area contributed by atoms with E-state index in [2.05, 4.69) is 10.5 Å². The van der Waals surface area contributed by atoms with Crippen molar-refractivity contribution in [3.8, 4) is 17.2 Å². The SMILES string of the molecule is COc1cc(/C=N/NC(=O)COc2ccc(Cl)cc2)cc(Cl)c1OC. The number of benzene rings is 2. The van der Waals surface area contributed by atoms with Gasteiger partial charge in [0, 0.05) is 5.02 Å². The first kappa shape index (κ1) is 18.9. The number of carbonyl (C=O) groups excluding carboxylic acids is 1. The van der Waals surface area contributed by atoms with E-state index in [1.54, 1.807) is 36.4 Å². The average Bonchev–Trinajstić information content (AvgIpc) is 2.60. The summed E-state index contributed by atoms with van der Waals surface area (Å²) in [4.78, 5) is 11.7. The molecular formula is C17H16Cl2N2O4. The van der Waals surface area contributed by atoms with Crippen molar-refractivity contribution >= 4 is 35.3 Å². The van der Waals surface area contributed by atoms with Gasteiger partial charge in [0.1, 0.15) is 5.75 Å². The molecule has 1 N–H and O–H groups in total. The number of nitrogens with one attached hydrogen (secondary N) is 1. The quantitative estimate of drug-likeness (QED) is 0.587. The summed E-state index contributed by atoms with van der Waals surface area (Å²) in [7, 11) is 3.00. The van der Waals surface area contributed by atoms with Gasteiger partial charge in [-0.2, -0.15) is 5.10 Å². The van der Waals surface area contributed by atoms with Crippen LogP contribution in [0, 0.1) is 0 Å². The molecule has 132 valence electrons. The predicted molar refractivity (Wildman–Crippen MR) is 97.2 cm³/mol. The summed E-state index contributed by atoms with van der Waals surface area (Å²) >= 11 is 11.9. The summed E-state index contributed by atoms with van der Waals surface area (Å²) in [6.45, 7) is -0.175. The second-order valence-corrected chi connectivity index (χ2v) is 5.62. The highest BCUT2D eigenvalue weighted by molar-refractivity contribution is 6.32. The highest BCUT2D eigenvalue weighted by Gasteiger charge is 2.10. The van der Waals surface area contributed by atoms with Crippen LogP contribution >= 0.6 is 23.2 Å². The minimum absolute atomic E-state index is 0.175. The number of hydrogen-bond acceptors (Lipinski definition) is 5. The van der Waals surface area contributed by atoms with E-state index in [9.17, 15) is 4.79 Å². The van der Waals surface area contributed by atoms with Crippen LogP contribution in [0.4, 0.5) is 0 Å². The highest BCUT2D eigenvalue weighted by atomic mass is 35.5. The summed E-state index contributed by atoms with van der Waals surface area (Å²) in [6.07, 6.45) is 1.44. The summed E-state index contributed by atoms with van der Waals surface area (Å²) in [6, 6.07) is 10.0. The van der Waals surface area contributed by atoms with Crippen LogP contribution in [0.15, 0.2) is 41.5 Å². The number of rotatable bonds is 7. The first-order valence-corrected chi connectivity index (χ1v) is 7.91. The van der Waals surface area contributed by atoms with Crippen LogP contribution in [0.5, 0.6) is 17.2 Å². The second-order valence-electron chi connectivity index (χ2n) is 4.77. The lowest BCUT2D eigenvalue weighted by Gasteiger charge is -2.10. The lowest BCUT2D eigenvalue weighted by Crippen LogP contribution is -2.24. The van der Waals surface area contributed by atoms with E-state index in [0.29, 0.717) is 32.9 Å². The molecule has 0 radical (unpaired) electrons. The summed E-state index contributed by atoms with van der Waals surface area (Å²) in [5.41, 5.74) is 3.00. The van der Waals surface area contributed by atoms with E-state index < -0.39 is 5.91 Å². The Labute approximate surface area is 155 Å². The van der Waals surface area contributed by atoms with Crippen molar-refractivity contribution in [3.05, 3.63) is 52.0 Å². The maximum absolute atomic E-state index is 11.7. The van der Waals surface area contributed by atoms with Crippen LogP contribution in [0.1, 0.15) is 5.56 Å². The Bertz CT molecular complexity index is 764. The molecule has 0 atom stereocenters. The standard InChI is InChI=1S/C17H16Cl2N2O4/c1-23-15-8-11(7-14(19)17(15)24-2)9-20-21-16(22)10-25-13-5-3-12(18)4-6-13/h3-9H,10H2,1-2H3,(H,21,22)/b20-9+. The van der Waals surface area contributed by atoms with Gasteiger partial charge >= 0.3 is 0 Å². The van der Waals surface area contributed by atoms with Crippen molar-refractivity contribution in [2.75, 3.05) is 20.8 Å². The van der Waals surface area contributed by atoms with Crippen LogP contribution in [-0.4, -0.2) is 32.9 Å². The third-order valence-corrected chi connectivity index (χ3v) is 3.58. The molecule has 2 aromatic carbocycles. The van der Waals surface area contributed by atoms with Gasteiger partial charge in [-0.05, 0) is 42.0 Å². The van der Waals surface area contributed by atoms with Crippen LogP contribution in [0.25, 0.3) is 0 Å². The molecule has 0 bridgehead atoms. The third kappa shape index (κ3) is 5.55. The molecule has 2 rings (SSSR count). The van der Waals surface area contributed by atoms with Gasteiger partial charge < -0.3 is 14.2 Å². The molecule has 0 aromatic heterocycles. The lowest BCUT2D eigenvalue weighted by atomic mass is 10.2. The fourth-order valence-corrected chi connectivity index (χ4v) is 2.33. The molecule has 25 heavy (non-hydrogen) atoms. The molecule has 0 aliphatic carbocycles. The predicted octanol–water partition coefficient (Wildman–Crippen LogP) is 3.54. The molecule has 0 unspecified atom stereocenters. The molecule has 0 saturated heterocycles. The van der Waals surface area contributed by atoms with Gasteiger partial charge in [0.2, 0.25) is 0 Å². The maximum atomic E-state index is 11.7. The molecular weight excluding hydrogens is 367 g/mol. The molecule has 0 aliphatic rings. The van der Waals surface area contributed by atoms with E-state index >= 15 is 0 Å². The molecule has 0 heterocycles. The second kappa shape index (κ2) is 9.15. The first-order chi connectivity index (χ1) is 12.0. The number of methoxy groups -OCH3 is 2. The zero-order valence-corrected chi connectivity index (χ0v) is 15.1. The van der Waals surface area contributed by atoms with E-state index in [1.807, 2.05) is 0 Å². The number of nitrogens with zero attached hydrogens (tertiary/aromatic N) is 1. The third-order valence-electron chi connectivity index (χ3n) is 3.04. The summed E-state index contributed by atoms with van der Waals surface area (Å²) in [5, 5.41) is 4.83. The van der Waals surface area contributed by atoms with E-state index in [-0.39, 0.29) is 6.61 Å². The van der Waals surface area contributed by atoms with Crippen LogP contribution in [-0.2, 0) is 4.79 Å². The van der Waals surface area contributed by atoms with Crippen molar-refractivity contribution in [2.24, 2.45) is 5.10 Å². The van der Waals surface area contributed by atoms with E-state index in [0.717, 1.165) is 0 Å². The zero-order valence-electron chi connectivity index (χ0n) is 13.6. The van der Waals surface area contributed by atoms with Crippen LogP contribution in [0.2, 0.25) is 10.0 Å². The Morgan fingerprint density at radius 3 is 2.52 bits per heavy atom. The fraction of sp³-hybridized carbons (Fsp3) is 0.176. The van der Waals surface area contributed by atoms with Gasteiger partial charge in [-0.15, -0.1) is 0 Å². The molecule has 0 fully saturated rings. The van der Waals surface area contributed by atoms with Gasteiger partial charge in [-0.25, -0.2) is 5.43 Å². The summed E-state index contributed by atoms with van der Waals surface area (Å²) < 4.78 is 15.7. The Hall–Kier alpha value is -2.44. The number of ether oxygens (including phenoxy) is 3. The molecule has 0 aliphatic heterocycles. The average molecular weight is 383 g/mol. The molecule has 0 spiro atoms. The van der Waals surface area contributed by atoms with Gasteiger partial charge in [0.05, 0.1) is 25.5 Å². The smallest absolute Gasteiger partial charge is 0.277 e. The zero-order chi connectivity index (χ0) is 18.2. The number of hydrogen-bond donors (Lipinski definition) is 1. The van der Waals surface area contributed by atoms with Crippen molar-refractivity contribution < 1.29 is 19.0 Å². The Balaban J connectivity index is 1.90. The van der Waals surface area contributed by atoms with Crippen LogP contribution in [0.3, 0.4) is 0 Å². The Morgan fingerprint density at radius 1 is 1.16 bits per heavy atom. The molecule has 2 aromatic rings. The fourth-order valence-electron chi connectivity index (χ4n) is 1.90. The van der Waals surface area contributed by atoms with Crippen molar-refractivity contribution in [3.63, 3.8) is 0 Å². The molecule has 0 saturated carbocycles. The minimum Gasteiger partial charge on any atom is -0.493 e. The van der Waals surface area contributed by atoms with Crippen molar-refractivity contribution in [1.82, 2.24) is 5.43 Å². The molecule has 6 nitrogen and oxygen atoms in total. The number of carbonyl (C=O) groups is 1. The first-order valence-electron chi connectivity index (χ1n) is 7.15. The maximum Gasteiger partial charge on any atom is 0.277 e. The number of halogens is 2. The number of amides is 1. The van der Waals surface area contributed by atoms with Gasteiger partial charge in [0.25, 0.3) is 5.91 Å². The Morgan fingerprint density at radius 2 is 1.88 bits per heavy atom. The van der Waals surface area contributed by atoms with Gasteiger partial charge in [-0.3, -0.25) is 4.79 Å². The number of hydrazone groups is 1. The minimum atomic E-state index is -0.405.